The van der Waals surface area contributed by atoms with Crippen LogP contribution in [-0.4, -0.2) is 10.9 Å². The number of amides is 1. The Labute approximate surface area is 144 Å². The van der Waals surface area contributed by atoms with Gasteiger partial charge in [0.05, 0.1) is 11.7 Å². The lowest BCUT2D eigenvalue weighted by Crippen LogP contribution is -2.27. The van der Waals surface area contributed by atoms with E-state index in [1.165, 1.54) is 6.08 Å². The Balaban J connectivity index is 2.14. The summed E-state index contributed by atoms with van der Waals surface area (Å²) in [5.41, 5.74) is 2.42. The van der Waals surface area contributed by atoms with Gasteiger partial charge in [0.1, 0.15) is 11.6 Å². The van der Waals surface area contributed by atoms with Crippen LogP contribution in [0.2, 0.25) is 0 Å². The first-order valence-corrected chi connectivity index (χ1v) is 7.90. The summed E-state index contributed by atoms with van der Waals surface area (Å²) >= 11 is 3.38. The molecule has 4 nitrogen and oxygen atoms in total. The zero-order valence-electron chi connectivity index (χ0n) is 12.9. The van der Waals surface area contributed by atoms with Crippen molar-refractivity contribution < 1.29 is 4.79 Å². The Morgan fingerprint density at radius 1 is 1.30 bits per heavy atom. The van der Waals surface area contributed by atoms with E-state index < -0.39 is 5.91 Å². The van der Waals surface area contributed by atoms with Gasteiger partial charge in [-0.2, -0.15) is 5.26 Å². The van der Waals surface area contributed by atoms with Crippen molar-refractivity contribution in [3.05, 3.63) is 69.5 Å². The van der Waals surface area contributed by atoms with E-state index in [4.69, 9.17) is 0 Å². The molecule has 1 heterocycles. The zero-order chi connectivity index (χ0) is 16.8. The number of benzene rings is 1. The molecule has 0 saturated carbocycles. The molecule has 1 aromatic carbocycles. The van der Waals surface area contributed by atoms with E-state index in [2.05, 4.69) is 26.2 Å². The molecule has 1 aromatic heterocycles. The fraction of sp³-hybridized carbons (Fsp3) is 0.167. The van der Waals surface area contributed by atoms with Crippen molar-refractivity contribution >= 4 is 27.9 Å². The number of nitrogens with zero attached hydrogens (tertiary/aromatic N) is 2. The highest BCUT2D eigenvalue weighted by molar-refractivity contribution is 9.10. The van der Waals surface area contributed by atoms with Crippen LogP contribution in [0.25, 0.3) is 6.08 Å². The summed E-state index contributed by atoms with van der Waals surface area (Å²) in [4.78, 5) is 16.6. The molecule has 1 amide bonds. The fourth-order valence-corrected chi connectivity index (χ4v) is 2.31. The van der Waals surface area contributed by atoms with Gasteiger partial charge in [-0.1, -0.05) is 34.1 Å². The average molecular weight is 370 g/mol. The van der Waals surface area contributed by atoms with E-state index in [1.54, 1.807) is 6.07 Å². The molecule has 0 radical (unpaired) electrons. The molecule has 23 heavy (non-hydrogen) atoms. The number of carbonyl (C=O) groups excluding carboxylic acids is 1. The number of nitriles is 1. The summed E-state index contributed by atoms with van der Waals surface area (Å²) < 4.78 is 0.975. The molecule has 0 aliphatic rings. The third-order valence-corrected chi connectivity index (χ3v) is 3.81. The fourth-order valence-electron chi connectivity index (χ4n) is 2.05. The topological polar surface area (TPSA) is 65.8 Å². The van der Waals surface area contributed by atoms with Crippen LogP contribution in [-0.2, 0) is 4.79 Å². The molecular weight excluding hydrogens is 354 g/mol. The molecule has 5 heteroatoms. The molecule has 0 aliphatic carbocycles. The van der Waals surface area contributed by atoms with Crippen molar-refractivity contribution in [3.8, 4) is 6.07 Å². The predicted octanol–water partition coefficient (Wildman–Crippen LogP) is 3.94. The van der Waals surface area contributed by atoms with Crippen LogP contribution < -0.4 is 5.32 Å². The predicted molar refractivity (Wildman–Crippen MR) is 93.3 cm³/mol. The third-order valence-electron chi connectivity index (χ3n) is 3.28. The highest BCUT2D eigenvalue weighted by Gasteiger charge is 2.14. The minimum atomic E-state index is -0.411. The summed E-state index contributed by atoms with van der Waals surface area (Å²) in [6.07, 6.45) is 1.50. The van der Waals surface area contributed by atoms with Gasteiger partial charge in [-0.3, -0.25) is 9.78 Å². The third kappa shape index (κ3) is 4.76. The van der Waals surface area contributed by atoms with E-state index in [0.717, 1.165) is 15.7 Å². The summed E-state index contributed by atoms with van der Waals surface area (Å²) in [5.74, 6) is -0.411. The van der Waals surface area contributed by atoms with Gasteiger partial charge in [0.25, 0.3) is 5.91 Å². The highest BCUT2D eigenvalue weighted by Crippen LogP contribution is 2.17. The number of hydrogen-bond acceptors (Lipinski definition) is 3. The van der Waals surface area contributed by atoms with Crippen LogP contribution in [0.5, 0.6) is 0 Å². The van der Waals surface area contributed by atoms with E-state index >= 15 is 0 Å². The molecule has 0 unspecified atom stereocenters. The second-order valence-corrected chi connectivity index (χ2v) is 6.04. The number of aryl methyl sites for hydroxylation is 1. The zero-order valence-corrected chi connectivity index (χ0v) is 14.5. The monoisotopic (exact) mass is 369 g/mol. The number of pyridine rings is 1. The molecule has 2 aromatic rings. The number of carbonyl (C=O) groups is 1. The SMILES string of the molecule is Cc1cccc(/C=C(\C#N)C(=O)N[C@@H](C)c2ccc(Br)cc2)n1. The van der Waals surface area contributed by atoms with Crippen molar-refractivity contribution in [2.45, 2.75) is 19.9 Å². The van der Waals surface area contributed by atoms with Crippen LogP contribution in [0, 0.1) is 18.3 Å². The second kappa shape index (κ2) is 7.70. The van der Waals surface area contributed by atoms with Crippen molar-refractivity contribution in [2.24, 2.45) is 0 Å². The normalized spacial score (nSPS) is 12.3. The van der Waals surface area contributed by atoms with E-state index in [9.17, 15) is 10.1 Å². The molecule has 0 fully saturated rings. The lowest BCUT2D eigenvalue weighted by molar-refractivity contribution is -0.117. The number of halogens is 1. The first kappa shape index (κ1) is 16.9. The van der Waals surface area contributed by atoms with E-state index in [1.807, 2.05) is 56.3 Å². The Morgan fingerprint density at radius 2 is 2.00 bits per heavy atom. The molecule has 2 rings (SSSR count). The summed E-state index contributed by atoms with van der Waals surface area (Å²) in [6.45, 7) is 3.74. The Kier molecular flexibility index (Phi) is 5.67. The van der Waals surface area contributed by atoms with Crippen molar-refractivity contribution in [1.29, 1.82) is 5.26 Å². The van der Waals surface area contributed by atoms with Crippen LogP contribution in [0.4, 0.5) is 0 Å². The maximum atomic E-state index is 12.3. The van der Waals surface area contributed by atoms with Crippen molar-refractivity contribution in [3.63, 3.8) is 0 Å². The summed E-state index contributed by atoms with van der Waals surface area (Å²) in [7, 11) is 0. The second-order valence-electron chi connectivity index (χ2n) is 5.12. The molecular formula is C18H16BrN3O. The first-order chi connectivity index (χ1) is 11.0. The first-order valence-electron chi connectivity index (χ1n) is 7.11. The maximum Gasteiger partial charge on any atom is 0.262 e. The Hall–Kier alpha value is -2.45. The number of hydrogen-bond donors (Lipinski definition) is 1. The minimum Gasteiger partial charge on any atom is -0.345 e. The molecule has 0 aliphatic heterocycles. The number of rotatable bonds is 4. The van der Waals surface area contributed by atoms with Crippen LogP contribution in [0.3, 0.4) is 0 Å². The van der Waals surface area contributed by atoms with Crippen molar-refractivity contribution in [2.75, 3.05) is 0 Å². The quantitative estimate of drug-likeness (QED) is 0.655. The molecule has 0 spiro atoms. The van der Waals surface area contributed by atoms with Crippen LogP contribution in [0.15, 0.2) is 52.5 Å². The molecule has 0 bridgehead atoms. The molecule has 0 saturated heterocycles. The highest BCUT2D eigenvalue weighted by atomic mass is 79.9. The lowest BCUT2D eigenvalue weighted by Gasteiger charge is -2.14. The molecule has 1 N–H and O–H groups in total. The maximum absolute atomic E-state index is 12.3. The minimum absolute atomic E-state index is 0.0343. The van der Waals surface area contributed by atoms with Gasteiger partial charge in [-0.25, -0.2) is 0 Å². The molecule has 1 atom stereocenters. The van der Waals surface area contributed by atoms with Gasteiger partial charge in [0.15, 0.2) is 0 Å². The van der Waals surface area contributed by atoms with Gasteiger partial charge < -0.3 is 5.32 Å². The van der Waals surface area contributed by atoms with Crippen molar-refractivity contribution in [1.82, 2.24) is 10.3 Å². The number of nitrogens with one attached hydrogen (secondary N) is 1. The molecule has 116 valence electrons. The van der Waals surface area contributed by atoms with Gasteiger partial charge in [0.2, 0.25) is 0 Å². The van der Waals surface area contributed by atoms with E-state index in [0.29, 0.717) is 5.69 Å². The largest absolute Gasteiger partial charge is 0.345 e. The van der Waals surface area contributed by atoms with Crippen LogP contribution in [0.1, 0.15) is 29.9 Å². The number of aromatic nitrogens is 1. The average Bonchev–Trinajstić information content (AvgIpc) is 2.53. The Morgan fingerprint density at radius 3 is 2.61 bits per heavy atom. The van der Waals surface area contributed by atoms with Gasteiger partial charge in [0, 0.05) is 10.2 Å². The van der Waals surface area contributed by atoms with Gasteiger partial charge in [-0.05, 0) is 49.8 Å². The smallest absolute Gasteiger partial charge is 0.262 e. The Bertz CT molecular complexity index is 776. The van der Waals surface area contributed by atoms with E-state index in [-0.39, 0.29) is 11.6 Å². The standard InChI is InChI=1S/C18H16BrN3O/c1-12-4-3-5-17(21-12)10-15(11-20)18(23)22-13(2)14-6-8-16(19)9-7-14/h3-10,13H,1-2H3,(H,22,23)/b15-10+/t13-/m0/s1. The van der Waals surface area contributed by atoms with Crippen LogP contribution >= 0.6 is 15.9 Å². The summed E-state index contributed by atoms with van der Waals surface area (Å²) in [6, 6.07) is 14.9. The summed E-state index contributed by atoms with van der Waals surface area (Å²) in [5, 5.41) is 12.1. The lowest BCUT2D eigenvalue weighted by atomic mass is 10.1. The van der Waals surface area contributed by atoms with Gasteiger partial charge in [-0.15, -0.1) is 0 Å². The van der Waals surface area contributed by atoms with Gasteiger partial charge >= 0.3 is 0 Å².